The van der Waals surface area contributed by atoms with Crippen LogP contribution < -0.4 is 0 Å². The fourth-order valence-corrected chi connectivity index (χ4v) is 3.18. The first-order chi connectivity index (χ1) is 13.0. The molecule has 0 saturated heterocycles. The number of nitrogens with zero attached hydrogens (tertiary/aromatic N) is 3. The van der Waals surface area contributed by atoms with Gasteiger partial charge in [0, 0.05) is 56.0 Å². The Morgan fingerprint density at radius 2 is 1.93 bits per heavy atom. The van der Waals surface area contributed by atoms with Gasteiger partial charge in [-0.25, -0.2) is 0 Å². The minimum Gasteiger partial charge on any atom is -0.451 e. The molecule has 1 N–H and O–H groups in total. The van der Waals surface area contributed by atoms with Crippen LogP contribution in [0.3, 0.4) is 0 Å². The fraction of sp³-hybridized carbons (Fsp3) is 0.250. The number of benzene rings is 1. The number of nitrogens with one attached hydrogen (secondary N) is 1. The van der Waals surface area contributed by atoms with Crippen molar-refractivity contribution in [2.45, 2.75) is 13.0 Å². The summed E-state index contributed by atoms with van der Waals surface area (Å²) in [6.45, 7) is 1.24. The summed E-state index contributed by atoms with van der Waals surface area (Å²) in [6, 6.07) is 10.7. The third kappa shape index (κ3) is 3.23. The number of hydrogen-bond donors (Lipinski definition) is 1. The highest BCUT2D eigenvalue weighted by Crippen LogP contribution is 2.24. The molecule has 3 heterocycles. The molecule has 2 aromatic heterocycles. The van der Waals surface area contributed by atoms with Crippen molar-refractivity contribution < 1.29 is 14.0 Å². The Morgan fingerprint density at radius 1 is 1.15 bits per heavy atom. The lowest BCUT2D eigenvalue weighted by Gasteiger charge is -2.26. The number of fused-ring (bicyclic) bond motifs is 1. The van der Waals surface area contributed by atoms with Crippen LogP contribution in [0.4, 0.5) is 0 Å². The van der Waals surface area contributed by atoms with Gasteiger partial charge < -0.3 is 14.2 Å². The lowest BCUT2D eigenvalue weighted by molar-refractivity contribution is 0.0733. The second-order valence-electron chi connectivity index (χ2n) is 6.79. The standard InChI is InChI=1S/C20H20N4O3/c1-23(2)20(26)18-8-7-17(27-18)13-3-5-14(6-4-13)19(25)24-10-9-16-15(12-24)11-21-22-16/h3-8,11H,9-10,12H2,1-2H3,(H,21,22). The first kappa shape index (κ1) is 17.1. The molecule has 4 rings (SSSR count). The fourth-order valence-electron chi connectivity index (χ4n) is 3.18. The number of furan rings is 1. The minimum absolute atomic E-state index is 0.00341. The number of carbonyl (C=O) groups excluding carboxylic acids is 2. The summed E-state index contributed by atoms with van der Waals surface area (Å²) in [4.78, 5) is 28.0. The quantitative estimate of drug-likeness (QED) is 0.774. The average molecular weight is 364 g/mol. The zero-order chi connectivity index (χ0) is 19.0. The van der Waals surface area contributed by atoms with E-state index >= 15 is 0 Å². The maximum Gasteiger partial charge on any atom is 0.289 e. The van der Waals surface area contributed by atoms with Gasteiger partial charge in [0.25, 0.3) is 11.8 Å². The zero-order valence-corrected chi connectivity index (χ0v) is 15.2. The van der Waals surface area contributed by atoms with E-state index in [1.54, 1.807) is 44.6 Å². The SMILES string of the molecule is CN(C)C(=O)c1ccc(-c2ccc(C(=O)N3CCc4[nH]ncc4C3)cc2)o1. The second kappa shape index (κ2) is 6.75. The van der Waals surface area contributed by atoms with Gasteiger partial charge in [0.1, 0.15) is 5.76 Å². The van der Waals surface area contributed by atoms with Gasteiger partial charge in [-0.3, -0.25) is 14.7 Å². The second-order valence-corrected chi connectivity index (χ2v) is 6.79. The van der Waals surface area contributed by atoms with E-state index < -0.39 is 0 Å². The molecule has 2 amide bonds. The van der Waals surface area contributed by atoms with Crippen molar-refractivity contribution in [3.05, 3.63) is 65.2 Å². The van der Waals surface area contributed by atoms with E-state index in [1.165, 1.54) is 4.90 Å². The maximum absolute atomic E-state index is 12.8. The van der Waals surface area contributed by atoms with E-state index in [0.29, 0.717) is 30.2 Å². The van der Waals surface area contributed by atoms with Crippen LogP contribution in [0, 0.1) is 0 Å². The molecule has 1 aromatic carbocycles. The molecule has 7 nitrogen and oxygen atoms in total. The molecule has 0 aliphatic carbocycles. The van der Waals surface area contributed by atoms with Crippen molar-refractivity contribution in [1.29, 1.82) is 0 Å². The molecule has 1 aliphatic rings. The lowest BCUT2D eigenvalue weighted by Crippen LogP contribution is -2.35. The molecular weight excluding hydrogens is 344 g/mol. The van der Waals surface area contributed by atoms with Crippen LogP contribution in [0.2, 0.25) is 0 Å². The smallest absolute Gasteiger partial charge is 0.289 e. The molecule has 27 heavy (non-hydrogen) atoms. The molecule has 138 valence electrons. The summed E-state index contributed by atoms with van der Waals surface area (Å²) < 4.78 is 5.64. The van der Waals surface area contributed by atoms with E-state index in [9.17, 15) is 9.59 Å². The number of hydrogen-bond acceptors (Lipinski definition) is 4. The predicted molar refractivity (Wildman–Crippen MR) is 99.2 cm³/mol. The normalized spacial score (nSPS) is 13.3. The molecule has 0 radical (unpaired) electrons. The Kier molecular flexibility index (Phi) is 4.27. The summed E-state index contributed by atoms with van der Waals surface area (Å²) >= 11 is 0. The van der Waals surface area contributed by atoms with E-state index in [0.717, 1.165) is 23.2 Å². The van der Waals surface area contributed by atoms with Gasteiger partial charge >= 0.3 is 0 Å². The number of amides is 2. The summed E-state index contributed by atoms with van der Waals surface area (Å²) in [7, 11) is 3.36. The molecule has 3 aromatic rings. The largest absolute Gasteiger partial charge is 0.451 e. The van der Waals surface area contributed by atoms with Gasteiger partial charge in [-0.2, -0.15) is 5.10 Å². The Bertz CT molecular complexity index is 985. The highest BCUT2D eigenvalue weighted by Gasteiger charge is 2.23. The van der Waals surface area contributed by atoms with Crippen molar-refractivity contribution in [2.75, 3.05) is 20.6 Å². The van der Waals surface area contributed by atoms with E-state index in [4.69, 9.17) is 4.42 Å². The molecular formula is C20H20N4O3. The van der Waals surface area contributed by atoms with Crippen molar-refractivity contribution in [3.8, 4) is 11.3 Å². The van der Waals surface area contributed by atoms with Crippen molar-refractivity contribution in [2.24, 2.45) is 0 Å². The van der Waals surface area contributed by atoms with Crippen molar-refractivity contribution >= 4 is 11.8 Å². The first-order valence-electron chi connectivity index (χ1n) is 8.75. The topological polar surface area (TPSA) is 82.4 Å². The van der Waals surface area contributed by atoms with Gasteiger partial charge in [-0.1, -0.05) is 12.1 Å². The molecule has 1 aliphatic heterocycles. The summed E-state index contributed by atoms with van der Waals surface area (Å²) in [5.74, 6) is 0.702. The highest BCUT2D eigenvalue weighted by atomic mass is 16.4. The first-order valence-corrected chi connectivity index (χ1v) is 8.75. The third-order valence-electron chi connectivity index (χ3n) is 4.73. The summed E-state index contributed by atoms with van der Waals surface area (Å²) in [6.07, 6.45) is 2.57. The van der Waals surface area contributed by atoms with Gasteiger partial charge in [0.15, 0.2) is 5.76 Å². The Morgan fingerprint density at radius 3 is 2.67 bits per heavy atom. The van der Waals surface area contributed by atoms with Crippen LogP contribution in [0.5, 0.6) is 0 Å². The van der Waals surface area contributed by atoms with Crippen LogP contribution in [-0.4, -0.2) is 52.5 Å². The number of rotatable bonds is 3. The number of carbonyl (C=O) groups is 2. The van der Waals surface area contributed by atoms with Crippen LogP contribution in [-0.2, 0) is 13.0 Å². The molecule has 0 fully saturated rings. The van der Waals surface area contributed by atoms with E-state index in [2.05, 4.69) is 10.2 Å². The Labute approximate surface area is 156 Å². The van der Waals surface area contributed by atoms with Crippen LogP contribution >= 0.6 is 0 Å². The van der Waals surface area contributed by atoms with Crippen LogP contribution in [0.15, 0.2) is 47.0 Å². The van der Waals surface area contributed by atoms with Crippen molar-refractivity contribution in [3.63, 3.8) is 0 Å². The van der Waals surface area contributed by atoms with Crippen LogP contribution in [0.1, 0.15) is 32.2 Å². The number of aromatic nitrogens is 2. The maximum atomic E-state index is 12.8. The predicted octanol–water partition coefficient (Wildman–Crippen LogP) is 2.57. The zero-order valence-electron chi connectivity index (χ0n) is 15.2. The molecule has 0 bridgehead atoms. The number of H-pyrrole nitrogens is 1. The summed E-state index contributed by atoms with van der Waals surface area (Å²) in [5, 5.41) is 7.01. The molecule has 0 atom stereocenters. The monoisotopic (exact) mass is 364 g/mol. The molecule has 7 heteroatoms. The van der Waals surface area contributed by atoms with Gasteiger partial charge in [0.2, 0.25) is 0 Å². The van der Waals surface area contributed by atoms with E-state index in [-0.39, 0.29) is 11.8 Å². The van der Waals surface area contributed by atoms with Gasteiger partial charge in [-0.15, -0.1) is 0 Å². The molecule has 0 spiro atoms. The minimum atomic E-state index is -0.184. The Balaban J connectivity index is 1.49. The number of aromatic amines is 1. The van der Waals surface area contributed by atoms with Crippen LogP contribution in [0.25, 0.3) is 11.3 Å². The Hall–Kier alpha value is -3.35. The van der Waals surface area contributed by atoms with Crippen molar-refractivity contribution in [1.82, 2.24) is 20.0 Å². The summed E-state index contributed by atoms with van der Waals surface area (Å²) in [5.41, 5.74) is 3.62. The molecule has 0 saturated carbocycles. The third-order valence-corrected chi connectivity index (χ3v) is 4.73. The average Bonchev–Trinajstić information content (AvgIpc) is 3.35. The van der Waals surface area contributed by atoms with Gasteiger partial charge in [0.05, 0.1) is 6.20 Å². The highest BCUT2D eigenvalue weighted by molar-refractivity contribution is 5.95. The van der Waals surface area contributed by atoms with Gasteiger partial charge in [-0.05, 0) is 24.3 Å². The molecule has 0 unspecified atom stereocenters. The van der Waals surface area contributed by atoms with E-state index in [1.807, 2.05) is 17.0 Å². The lowest BCUT2D eigenvalue weighted by atomic mass is 10.1.